The highest BCUT2D eigenvalue weighted by Gasteiger charge is 2.68. The highest BCUT2D eigenvalue weighted by atomic mass is 28.3. The maximum atomic E-state index is 6.81. The minimum atomic E-state index is -2.36. The van der Waals surface area contributed by atoms with Crippen LogP contribution in [-0.2, 0) is 9.31 Å². The van der Waals surface area contributed by atoms with E-state index in [1.165, 1.54) is 21.5 Å². The van der Waals surface area contributed by atoms with Crippen LogP contribution >= 0.6 is 0 Å². The van der Waals surface area contributed by atoms with Gasteiger partial charge in [-0.3, -0.25) is 0 Å². The fourth-order valence-electron chi connectivity index (χ4n) is 5.44. The lowest BCUT2D eigenvalue weighted by atomic mass is 9.59. The number of allylic oxidation sites excluding steroid dienone is 2. The Balaban J connectivity index is 1.73. The van der Waals surface area contributed by atoms with Crippen molar-refractivity contribution in [1.29, 1.82) is 0 Å². The van der Waals surface area contributed by atoms with Gasteiger partial charge in [0.15, 0.2) is 0 Å². The molecule has 3 aromatic rings. The maximum Gasteiger partial charge on any atom is 0.466 e. The lowest BCUT2D eigenvalue weighted by Gasteiger charge is -2.53. The number of hydrogen-bond donors (Lipinski definition) is 0. The molecule has 168 valence electrons. The van der Waals surface area contributed by atoms with Crippen LogP contribution < -0.4 is 10.4 Å². The summed E-state index contributed by atoms with van der Waals surface area (Å²) >= 11 is 0. The van der Waals surface area contributed by atoms with Gasteiger partial charge in [-0.05, 0) is 45.3 Å². The minimum absolute atomic E-state index is 0.216. The Morgan fingerprint density at radius 3 is 1.48 bits per heavy atom. The second-order valence-corrected chi connectivity index (χ2v) is 15.0. The van der Waals surface area contributed by atoms with E-state index in [4.69, 9.17) is 9.31 Å². The highest BCUT2D eigenvalue weighted by molar-refractivity contribution is 7.09. The average Bonchev–Trinajstić information content (AvgIpc) is 3.01. The standard InChI is InChI=1S/C29H33BO2Si/c1-27(2)28(3,4)32-30(31-27)29(21-24(22-29)23-15-9-6-10-16-23)33(5,25-17-11-7-12-18-25)26-19-13-8-14-20-26/h6-21H,22H2,1-5H3. The van der Waals surface area contributed by atoms with E-state index in [1.54, 1.807) is 0 Å². The second-order valence-electron chi connectivity index (χ2n) is 10.7. The molecule has 5 rings (SSSR count). The van der Waals surface area contributed by atoms with E-state index in [2.05, 4.69) is 131 Å². The van der Waals surface area contributed by atoms with Crippen LogP contribution in [0.5, 0.6) is 0 Å². The van der Waals surface area contributed by atoms with E-state index in [0.717, 1.165) is 6.42 Å². The van der Waals surface area contributed by atoms with Gasteiger partial charge in [0.05, 0.1) is 11.2 Å². The largest absolute Gasteiger partial charge is 0.466 e. The molecule has 1 heterocycles. The van der Waals surface area contributed by atoms with Gasteiger partial charge in [0.25, 0.3) is 0 Å². The molecule has 1 aliphatic carbocycles. The van der Waals surface area contributed by atoms with Crippen LogP contribution in [0.25, 0.3) is 5.57 Å². The Hall–Kier alpha value is -2.40. The fraction of sp³-hybridized carbons (Fsp3) is 0.310. The molecule has 0 N–H and O–H groups in total. The van der Waals surface area contributed by atoms with Crippen molar-refractivity contribution in [2.75, 3.05) is 0 Å². The summed E-state index contributed by atoms with van der Waals surface area (Å²) in [5.74, 6) is 0. The van der Waals surface area contributed by atoms with Gasteiger partial charge in [-0.1, -0.05) is 114 Å². The van der Waals surface area contributed by atoms with Gasteiger partial charge >= 0.3 is 7.12 Å². The number of rotatable bonds is 5. The van der Waals surface area contributed by atoms with Crippen molar-refractivity contribution >= 4 is 31.1 Å². The summed E-state index contributed by atoms with van der Waals surface area (Å²) in [7, 11) is -2.66. The molecular weight excluding hydrogens is 419 g/mol. The van der Waals surface area contributed by atoms with Crippen molar-refractivity contribution in [2.24, 2.45) is 0 Å². The zero-order valence-electron chi connectivity index (χ0n) is 20.3. The fourth-order valence-corrected chi connectivity index (χ4v) is 10.2. The molecule has 4 heteroatoms. The van der Waals surface area contributed by atoms with Gasteiger partial charge < -0.3 is 9.31 Å². The van der Waals surface area contributed by atoms with Gasteiger partial charge in [0.2, 0.25) is 0 Å². The maximum absolute atomic E-state index is 6.81. The van der Waals surface area contributed by atoms with E-state index in [1.807, 2.05) is 0 Å². The van der Waals surface area contributed by atoms with Crippen molar-refractivity contribution in [3.05, 3.63) is 103 Å². The molecule has 0 amide bonds. The van der Waals surface area contributed by atoms with Crippen LogP contribution in [0.15, 0.2) is 97.1 Å². The third-order valence-electron chi connectivity index (χ3n) is 8.37. The summed E-state index contributed by atoms with van der Waals surface area (Å²) in [5, 5.41) is 2.82. The average molecular weight is 452 g/mol. The van der Waals surface area contributed by atoms with Crippen LogP contribution in [0.1, 0.15) is 39.7 Å². The lowest BCUT2D eigenvalue weighted by molar-refractivity contribution is 0.00578. The molecule has 1 fully saturated rings. The Bertz CT molecular complexity index is 1100. The molecule has 0 spiro atoms. The molecule has 0 saturated carbocycles. The molecule has 2 aliphatic rings. The van der Waals surface area contributed by atoms with E-state index in [0.29, 0.717) is 0 Å². The van der Waals surface area contributed by atoms with Gasteiger partial charge in [-0.2, -0.15) is 0 Å². The van der Waals surface area contributed by atoms with Crippen molar-refractivity contribution in [2.45, 2.75) is 56.8 Å². The predicted octanol–water partition coefficient (Wildman–Crippen LogP) is 5.74. The zero-order chi connectivity index (χ0) is 23.3. The van der Waals surface area contributed by atoms with Crippen molar-refractivity contribution in [3.63, 3.8) is 0 Å². The Labute approximate surface area is 199 Å². The molecule has 33 heavy (non-hydrogen) atoms. The van der Waals surface area contributed by atoms with Gasteiger partial charge in [-0.25, -0.2) is 0 Å². The van der Waals surface area contributed by atoms with E-state index in [-0.39, 0.29) is 23.3 Å². The van der Waals surface area contributed by atoms with E-state index < -0.39 is 8.07 Å². The molecule has 1 atom stereocenters. The first kappa shape index (κ1) is 22.4. The van der Waals surface area contributed by atoms with Gasteiger partial charge in [0.1, 0.15) is 8.07 Å². The van der Waals surface area contributed by atoms with E-state index >= 15 is 0 Å². The zero-order valence-corrected chi connectivity index (χ0v) is 21.3. The van der Waals surface area contributed by atoms with Gasteiger partial charge in [0, 0.05) is 4.94 Å². The van der Waals surface area contributed by atoms with Crippen molar-refractivity contribution in [3.8, 4) is 0 Å². The SMILES string of the molecule is CC1(C)OB(C2([Si](C)(c3ccccc3)c3ccccc3)C=C(c3ccccc3)C2)OC1(C)C. The molecule has 1 aliphatic heterocycles. The smallest absolute Gasteiger partial charge is 0.403 e. The Kier molecular flexibility index (Phi) is 5.32. The minimum Gasteiger partial charge on any atom is -0.403 e. The van der Waals surface area contributed by atoms with Crippen LogP contribution in [0.3, 0.4) is 0 Å². The molecule has 1 unspecified atom stereocenters. The Morgan fingerprint density at radius 1 is 0.667 bits per heavy atom. The van der Waals surface area contributed by atoms with Crippen molar-refractivity contribution < 1.29 is 9.31 Å². The molecule has 3 aromatic carbocycles. The third-order valence-corrected chi connectivity index (χ3v) is 13.8. The number of benzene rings is 3. The topological polar surface area (TPSA) is 18.5 Å². The van der Waals surface area contributed by atoms with Crippen LogP contribution in [0.4, 0.5) is 0 Å². The molecule has 1 saturated heterocycles. The Morgan fingerprint density at radius 2 is 1.06 bits per heavy atom. The first-order valence-electron chi connectivity index (χ1n) is 11.9. The molecule has 0 aromatic heterocycles. The normalized spacial score (nSPS) is 23.7. The van der Waals surface area contributed by atoms with Gasteiger partial charge in [-0.15, -0.1) is 0 Å². The summed E-state index contributed by atoms with van der Waals surface area (Å²) in [5.41, 5.74) is 1.94. The first-order chi connectivity index (χ1) is 15.7. The monoisotopic (exact) mass is 452 g/mol. The molecular formula is C29H33BO2Si. The highest BCUT2D eigenvalue weighted by Crippen LogP contribution is 2.61. The molecule has 2 nitrogen and oxygen atoms in total. The quantitative estimate of drug-likeness (QED) is 0.460. The molecule has 0 radical (unpaired) electrons. The van der Waals surface area contributed by atoms with E-state index in [9.17, 15) is 0 Å². The first-order valence-corrected chi connectivity index (χ1v) is 14.4. The summed E-state index contributed by atoms with van der Waals surface area (Å²) in [4.78, 5) is -0.216. The van der Waals surface area contributed by atoms with Crippen LogP contribution in [0, 0.1) is 0 Å². The predicted molar refractivity (Wildman–Crippen MR) is 142 cm³/mol. The summed E-state index contributed by atoms with van der Waals surface area (Å²) < 4.78 is 13.6. The second kappa shape index (κ2) is 7.83. The lowest BCUT2D eigenvalue weighted by Crippen LogP contribution is -2.70. The van der Waals surface area contributed by atoms with Crippen LogP contribution in [0.2, 0.25) is 11.5 Å². The summed E-state index contributed by atoms with van der Waals surface area (Å²) in [6.45, 7) is 11.1. The summed E-state index contributed by atoms with van der Waals surface area (Å²) in [6, 6.07) is 32.9. The van der Waals surface area contributed by atoms with Crippen LogP contribution in [-0.4, -0.2) is 26.4 Å². The summed E-state index contributed by atoms with van der Waals surface area (Å²) in [6.07, 6.45) is 3.44. The third kappa shape index (κ3) is 3.39. The number of hydrogen-bond acceptors (Lipinski definition) is 2. The van der Waals surface area contributed by atoms with Crippen molar-refractivity contribution in [1.82, 2.24) is 0 Å². The molecule has 0 bridgehead atoms.